The van der Waals surface area contributed by atoms with E-state index in [9.17, 15) is 14.3 Å². The first-order valence-electron chi connectivity index (χ1n) is 14.3. The van der Waals surface area contributed by atoms with Gasteiger partial charge in [-0.15, -0.1) is 11.3 Å². The number of aliphatic hydroxyl groups excluding tert-OH is 1. The zero-order valence-electron chi connectivity index (χ0n) is 23.3. The van der Waals surface area contributed by atoms with Crippen molar-refractivity contribution in [1.29, 1.82) is 0 Å². The van der Waals surface area contributed by atoms with Crippen LogP contribution in [0, 0.1) is 11.6 Å². The number of aromatic nitrogens is 1. The second-order valence-electron chi connectivity index (χ2n) is 10.9. The third-order valence-corrected chi connectivity index (χ3v) is 9.35. The molecule has 0 radical (unpaired) electrons. The number of halogens is 2. The quantitative estimate of drug-likeness (QED) is 0.340. The van der Waals surface area contributed by atoms with Crippen molar-refractivity contribution in [2.24, 2.45) is 0 Å². The minimum atomic E-state index is -1.16. The van der Waals surface area contributed by atoms with Gasteiger partial charge in [0, 0.05) is 18.3 Å². The number of thiazole rings is 1. The predicted octanol–water partition coefficient (Wildman–Crippen LogP) is 5.19. The maximum absolute atomic E-state index is 15.9. The lowest BCUT2D eigenvalue weighted by atomic mass is 9.92. The van der Waals surface area contributed by atoms with E-state index in [1.165, 1.54) is 11.3 Å². The Labute approximate surface area is 255 Å². The maximum atomic E-state index is 15.9. The topological polar surface area (TPSA) is 78.4 Å². The standard InChI is InChI=1S/C33H26F2N4O4S/c34-23-11-10-22-26(27(23)35)28-32(44-18-36-28)21-9-5-4-8-20(21)29(22)39-25-17-42-15-14-37(25)33(41)30-31(24(40)12-13-38(30)39)43-16-19-6-2-1-3-7-19/h1-13,18,24-25,29,40H,14-17H2/t24?,25-,29-/m1/s1. The monoisotopic (exact) mass is 612 g/mol. The largest absolute Gasteiger partial charge is 0.488 e. The zero-order chi connectivity index (χ0) is 29.9. The van der Waals surface area contributed by atoms with Crippen LogP contribution >= 0.6 is 11.3 Å². The van der Waals surface area contributed by atoms with E-state index in [2.05, 4.69) is 4.98 Å². The molecule has 4 aliphatic rings. The highest BCUT2D eigenvalue weighted by atomic mass is 32.1. The van der Waals surface area contributed by atoms with E-state index in [4.69, 9.17) is 9.47 Å². The SMILES string of the molecule is O=C1C2=C(OCc3ccccc3)C(O)C=CN2N([C@@H]2c3ccccc3-c3scnc3-c3c2ccc(F)c3F)[C@@H]2COCCN12. The van der Waals surface area contributed by atoms with Crippen molar-refractivity contribution < 1.29 is 28.2 Å². The molecule has 8 rings (SSSR count). The number of ether oxygens (including phenoxy) is 2. The molecule has 3 atom stereocenters. The third kappa shape index (κ3) is 4.11. The summed E-state index contributed by atoms with van der Waals surface area (Å²) < 4.78 is 42.9. The van der Waals surface area contributed by atoms with Gasteiger partial charge in [0.25, 0.3) is 5.91 Å². The molecule has 4 aromatic rings. The number of nitrogens with zero attached hydrogens (tertiary/aromatic N) is 4. The number of hydrogen-bond acceptors (Lipinski definition) is 8. The minimum Gasteiger partial charge on any atom is -0.488 e. The van der Waals surface area contributed by atoms with Gasteiger partial charge >= 0.3 is 0 Å². The molecule has 4 heterocycles. The first kappa shape index (κ1) is 27.2. The lowest BCUT2D eigenvalue weighted by molar-refractivity contribution is -0.190. The fourth-order valence-corrected chi connectivity index (χ4v) is 7.37. The highest BCUT2D eigenvalue weighted by Crippen LogP contribution is 2.51. The van der Waals surface area contributed by atoms with Crippen LogP contribution in [0.2, 0.25) is 0 Å². The molecule has 0 spiro atoms. The summed E-state index contributed by atoms with van der Waals surface area (Å²) in [5.74, 6) is -2.15. The van der Waals surface area contributed by atoms with Gasteiger partial charge in [0.05, 0.1) is 35.3 Å². The zero-order valence-corrected chi connectivity index (χ0v) is 24.1. The predicted molar refractivity (Wildman–Crippen MR) is 158 cm³/mol. The Kier molecular flexibility index (Phi) is 6.56. The molecule has 1 aromatic heterocycles. The fraction of sp³-hybridized carbons (Fsp3) is 0.212. The summed E-state index contributed by atoms with van der Waals surface area (Å²) in [7, 11) is 0. The van der Waals surface area contributed by atoms with E-state index in [0.717, 1.165) is 27.6 Å². The van der Waals surface area contributed by atoms with Crippen LogP contribution < -0.4 is 0 Å². The summed E-state index contributed by atoms with van der Waals surface area (Å²) in [5.41, 5.74) is 5.27. The lowest BCUT2D eigenvalue weighted by Gasteiger charge is -2.55. The van der Waals surface area contributed by atoms with Crippen molar-refractivity contribution in [3.63, 3.8) is 0 Å². The Bertz CT molecular complexity index is 1840. The number of morpholine rings is 1. The third-order valence-electron chi connectivity index (χ3n) is 8.49. The molecular formula is C33H26F2N4O4S. The fourth-order valence-electron chi connectivity index (χ4n) is 6.53. The molecule has 1 amide bonds. The number of fused-ring (bicyclic) bond motifs is 7. The van der Waals surface area contributed by atoms with Gasteiger partial charge in [-0.05, 0) is 34.4 Å². The second kappa shape index (κ2) is 10.6. The number of amides is 1. The maximum Gasteiger partial charge on any atom is 0.277 e. The van der Waals surface area contributed by atoms with E-state index < -0.39 is 29.9 Å². The Balaban J connectivity index is 1.35. The molecule has 1 unspecified atom stereocenters. The number of hydrogen-bond donors (Lipinski definition) is 1. The van der Waals surface area contributed by atoms with Crippen LogP contribution in [-0.2, 0) is 20.9 Å². The normalized spacial score (nSPS) is 22.5. The molecule has 222 valence electrons. The summed E-state index contributed by atoms with van der Waals surface area (Å²) in [6, 6.07) is 19.2. The van der Waals surface area contributed by atoms with E-state index in [-0.39, 0.29) is 36.1 Å². The number of benzene rings is 3. The van der Waals surface area contributed by atoms with Crippen LogP contribution in [0.3, 0.4) is 0 Å². The number of rotatable bonds is 4. The Hall–Kier alpha value is -4.42. The number of hydrazine groups is 1. The number of carbonyl (C=O) groups excluding carboxylic acids is 1. The Morgan fingerprint density at radius 3 is 2.73 bits per heavy atom. The van der Waals surface area contributed by atoms with Crippen molar-refractivity contribution in [2.75, 3.05) is 19.8 Å². The molecule has 1 N–H and O–H groups in total. The molecule has 0 saturated carbocycles. The minimum absolute atomic E-state index is 0.0785. The van der Waals surface area contributed by atoms with Gasteiger partial charge < -0.3 is 19.5 Å². The van der Waals surface area contributed by atoms with Crippen molar-refractivity contribution in [1.82, 2.24) is 19.9 Å². The van der Waals surface area contributed by atoms with Crippen LogP contribution in [0.1, 0.15) is 22.7 Å². The van der Waals surface area contributed by atoms with Crippen LogP contribution in [0.25, 0.3) is 21.7 Å². The molecule has 8 nitrogen and oxygen atoms in total. The van der Waals surface area contributed by atoms with Gasteiger partial charge in [-0.2, -0.15) is 5.01 Å². The van der Waals surface area contributed by atoms with Crippen molar-refractivity contribution in [2.45, 2.75) is 24.9 Å². The van der Waals surface area contributed by atoms with Crippen LogP contribution in [0.5, 0.6) is 0 Å². The first-order chi connectivity index (χ1) is 21.5. The number of aliphatic hydroxyl groups is 1. The Morgan fingerprint density at radius 2 is 1.86 bits per heavy atom. The summed E-state index contributed by atoms with van der Waals surface area (Å²) >= 11 is 1.36. The van der Waals surface area contributed by atoms with Crippen LogP contribution in [0.4, 0.5) is 8.78 Å². The van der Waals surface area contributed by atoms with Gasteiger partial charge in [0.2, 0.25) is 0 Å². The molecule has 3 aliphatic heterocycles. The van der Waals surface area contributed by atoms with E-state index in [0.29, 0.717) is 24.4 Å². The molecule has 0 bridgehead atoms. The van der Waals surface area contributed by atoms with E-state index in [1.807, 2.05) is 59.6 Å². The Morgan fingerprint density at radius 1 is 1.05 bits per heavy atom. The summed E-state index contributed by atoms with van der Waals surface area (Å²) in [4.78, 5) is 21.1. The summed E-state index contributed by atoms with van der Waals surface area (Å²) in [6.07, 6.45) is 1.43. The van der Waals surface area contributed by atoms with Crippen molar-refractivity contribution in [3.8, 4) is 21.7 Å². The average molecular weight is 613 g/mol. The molecule has 11 heteroatoms. The molecule has 2 saturated heterocycles. The van der Waals surface area contributed by atoms with Crippen molar-refractivity contribution in [3.05, 3.63) is 124 Å². The molecule has 1 aliphatic carbocycles. The molecular weight excluding hydrogens is 586 g/mol. The summed E-state index contributed by atoms with van der Waals surface area (Å²) in [6.45, 7) is 0.964. The van der Waals surface area contributed by atoms with Gasteiger partial charge in [-0.3, -0.25) is 9.80 Å². The van der Waals surface area contributed by atoms with Crippen LogP contribution in [0.15, 0.2) is 96.0 Å². The van der Waals surface area contributed by atoms with Gasteiger partial charge in [0.1, 0.15) is 18.9 Å². The van der Waals surface area contributed by atoms with Gasteiger partial charge in [0.15, 0.2) is 23.1 Å². The van der Waals surface area contributed by atoms with Gasteiger partial charge in [-0.1, -0.05) is 60.7 Å². The van der Waals surface area contributed by atoms with E-state index >= 15 is 4.39 Å². The molecule has 2 fully saturated rings. The lowest BCUT2D eigenvalue weighted by Crippen LogP contribution is -2.68. The highest BCUT2D eigenvalue weighted by molar-refractivity contribution is 7.13. The number of carbonyl (C=O) groups is 1. The highest BCUT2D eigenvalue weighted by Gasteiger charge is 2.51. The average Bonchev–Trinajstić information content (AvgIpc) is 3.50. The molecule has 44 heavy (non-hydrogen) atoms. The summed E-state index contributed by atoms with van der Waals surface area (Å²) in [5, 5.41) is 14.7. The van der Waals surface area contributed by atoms with Crippen LogP contribution in [-0.4, -0.2) is 62.9 Å². The van der Waals surface area contributed by atoms with Gasteiger partial charge in [-0.25, -0.2) is 13.8 Å². The van der Waals surface area contributed by atoms with Crippen molar-refractivity contribution >= 4 is 17.2 Å². The first-order valence-corrected chi connectivity index (χ1v) is 15.2. The second-order valence-corrected chi connectivity index (χ2v) is 11.8. The molecule has 3 aromatic carbocycles. The van der Waals surface area contributed by atoms with E-state index in [1.54, 1.807) is 33.8 Å². The smallest absolute Gasteiger partial charge is 0.277 e.